The zero-order valence-corrected chi connectivity index (χ0v) is 16.7. The Morgan fingerprint density at radius 1 is 1.04 bits per heavy atom. The van der Waals surface area contributed by atoms with Gasteiger partial charge in [0.05, 0.1) is 24.9 Å². The lowest BCUT2D eigenvalue weighted by molar-refractivity contribution is -0.173. The van der Waals surface area contributed by atoms with Crippen molar-refractivity contribution in [1.29, 1.82) is 0 Å². The molecule has 0 radical (unpaired) electrons. The second-order valence-electron chi connectivity index (χ2n) is 7.56. The molecule has 4 nitrogen and oxygen atoms in total. The average molecular weight is 404 g/mol. The van der Waals surface area contributed by atoms with Gasteiger partial charge in [-0.05, 0) is 57.4 Å². The number of alkyl halides is 3. The fraction of sp³-hybridized carbons (Fsp3) is 0.579. The zero-order valence-electron chi connectivity index (χ0n) is 16.7. The van der Waals surface area contributed by atoms with Gasteiger partial charge in [0.1, 0.15) is 18.1 Å². The fourth-order valence-electron chi connectivity index (χ4n) is 2.64. The van der Waals surface area contributed by atoms with E-state index in [0.717, 1.165) is 0 Å². The van der Waals surface area contributed by atoms with Gasteiger partial charge >= 0.3 is 13.3 Å². The second kappa shape index (κ2) is 8.43. The maximum absolute atomic E-state index is 15.3. The summed E-state index contributed by atoms with van der Waals surface area (Å²) in [7, 11) is 0.256. The van der Waals surface area contributed by atoms with E-state index in [9.17, 15) is 13.2 Å². The lowest BCUT2D eigenvalue weighted by Gasteiger charge is -2.32. The number of rotatable bonds is 7. The monoisotopic (exact) mass is 404 g/mol. The minimum absolute atomic E-state index is 0.0711. The van der Waals surface area contributed by atoms with Gasteiger partial charge < -0.3 is 18.8 Å². The van der Waals surface area contributed by atoms with Crippen molar-refractivity contribution in [3.63, 3.8) is 0 Å². The zero-order chi connectivity index (χ0) is 21.2. The summed E-state index contributed by atoms with van der Waals surface area (Å²) < 4.78 is 73.4. The predicted octanol–water partition coefficient (Wildman–Crippen LogP) is 4.98. The van der Waals surface area contributed by atoms with Gasteiger partial charge in [-0.1, -0.05) is 12.1 Å². The molecule has 28 heavy (non-hydrogen) atoms. The molecule has 0 atom stereocenters. The molecule has 1 heterocycles. The molecule has 1 fully saturated rings. The molecule has 0 spiro atoms. The number of hydrogen-bond donors (Lipinski definition) is 0. The Kier molecular flexibility index (Phi) is 6.84. The van der Waals surface area contributed by atoms with E-state index < -0.39 is 36.8 Å². The van der Waals surface area contributed by atoms with E-state index in [4.69, 9.17) is 14.0 Å². The van der Waals surface area contributed by atoms with Crippen LogP contribution >= 0.6 is 0 Å². The highest BCUT2D eigenvalue weighted by Gasteiger charge is 2.53. The largest absolute Gasteiger partial charge is 0.525 e. The molecular weight excluding hydrogens is 379 g/mol. The lowest BCUT2D eigenvalue weighted by Crippen LogP contribution is -2.41. The first-order chi connectivity index (χ1) is 12.9. The van der Waals surface area contributed by atoms with Gasteiger partial charge in [-0.25, -0.2) is 4.39 Å². The molecule has 2 rings (SSSR count). The third-order valence-electron chi connectivity index (χ3n) is 4.95. The van der Waals surface area contributed by atoms with Crippen LogP contribution in [0.3, 0.4) is 0 Å². The topological polar surface area (TPSA) is 36.9 Å². The molecule has 0 bridgehead atoms. The van der Waals surface area contributed by atoms with Crippen LogP contribution in [0.25, 0.3) is 5.57 Å². The van der Waals surface area contributed by atoms with E-state index in [1.165, 1.54) is 7.11 Å². The van der Waals surface area contributed by atoms with E-state index in [2.05, 4.69) is 4.74 Å². The summed E-state index contributed by atoms with van der Waals surface area (Å²) in [5.41, 5.74) is -1.51. The summed E-state index contributed by atoms with van der Waals surface area (Å²) in [4.78, 5) is 0. The van der Waals surface area contributed by atoms with Gasteiger partial charge in [-0.3, -0.25) is 0 Å². The first-order valence-corrected chi connectivity index (χ1v) is 8.89. The van der Waals surface area contributed by atoms with Crippen molar-refractivity contribution >= 4 is 12.7 Å². The Morgan fingerprint density at radius 3 is 2.04 bits per heavy atom. The minimum atomic E-state index is -4.44. The smallest absolute Gasteiger partial charge is 0.497 e. The van der Waals surface area contributed by atoms with Crippen LogP contribution in [-0.4, -0.2) is 44.8 Å². The number of benzene rings is 1. The standard InChI is InChI=1S/C19H25BF4O4/c1-17(2)18(3,4)28-20(27-17)16(21)15(10-11-26-12-19(22,23)24)13-6-8-14(25-5)9-7-13/h6-9H,10-12H2,1-5H3. The minimum Gasteiger partial charge on any atom is -0.497 e. The summed E-state index contributed by atoms with van der Waals surface area (Å²) in [5.74, 6) is 0.576. The maximum Gasteiger partial charge on any atom is 0.525 e. The predicted molar refractivity (Wildman–Crippen MR) is 98.6 cm³/mol. The molecule has 156 valence electrons. The van der Waals surface area contributed by atoms with Crippen LogP contribution in [0.4, 0.5) is 17.6 Å². The summed E-state index contributed by atoms with van der Waals surface area (Å²) in [6.07, 6.45) is -4.51. The van der Waals surface area contributed by atoms with E-state index in [0.29, 0.717) is 11.3 Å². The molecule has 1 aliphatic heterocycles. The third kappa shape index (κ3) is 5.49. The molecule has 1 aromatic rings. The molecule has 0 aliphatic carbocycles. The SMILES string of the molecule is COc1ccc(C(CCOCC(F)(F)F)=C(F)B2OC(C)(C)C(C)(C)O2)cc1. The van der Waals surface area contributed by atoms with Crippen LogP contribution in [0.15, 0.2) is 30.0 Å². The Labute approximate surface area is 162 Å². The van der Waals surface area contributed by atoms with Gasteiger partial charge in [0.25, 0.3) is 0 Å². The first-order valence-electron chi connectivity index (χ1n) is 8.89. The van der Waals surface area contributed by atoms with Crippen LogP contribution in [-0.2, 0) is 14.0 Å². The van der Waals surface area contributed by atoms with E-state index in [1.807, 2.05) is 0 Å². The van der Waals surface area contributed by atoms with Crippen LogP contribution in [0.5, 0.6) is 5.75 Å². The van der Waals surface area contributed by atoms with Crippen molar-refractivity contribution in [2.45, 2.75) is 51.5 Å². The molecular formula is C19H25BF4O4. The van der Waals surface area contributed by atoms with Gasteiger partial charge in [0.15, 0.2) is 0 Å². The highest BCUT2D eigenvalue weighted by atomic mass is 19.4. The van der Waals surface area contributed by atoms with Crippen molar-refractivity contribution in [2.24, 2.45) is 0 Å². The number of hydrogen-bond acceptors (Lipinski definition) is 4. The summed E-state index contributed by atoms with van der Waals surface area (Å²) >= 11 is 0. The first kappa shape index (κ1) is 22.7. The quantitative estimate of drug-likeness (QED) is 0.365. The Morgan fingerprint density at radius 2 is 1.57 bits per heavy atom. The van der Waals surface area contributed by atoms with Gasteiger partial charge in [0, 0.05) is 0 Å². The number of ether oxygens (including phenoxy) is 2. The van der Waals surface area contributed by atoms with Crippen molar-refractivity contribution in [3.8, 4) is 5.75 Å². The third-order valence-corrected chi connectivity index (χ3v) is 4.95. The number of methoxy groups -OCH3 is 1. The highest BCUT2D eigenvalue weighted by molar-refractivity contribution is 6.55. The van der Waals surface area contributed by atoms with Gasteiger partial charge in [0.2, 0.25) is 0 Å². The Balaban J connectivity index is 2.27. The normalized spacial score (nSPS) is 19.5. The van der Waals surface area contributed by atoms with E-state index in [-0.39, 0.29) is 18.6 Å². The van der Waals surface area contributed by atoms with Crippen molar-refractivity contribution in [2.75, 3.05) is 20.3 Å². The van der Waals surface area contributed by atoms with Gasteiger partial charge in [-0.2, -0.15) is 13.2 Å². The van der Waals surface area contributed by atoms with Crippen molar-refractivity contribution < 1.29 is 36.3 Å². The fourth-order valence-corrected chi connectivity index (χ4v) is 2.64. The molecule has 0 aromatic heterocycles. The molecule has 9 heteroatoms. The van der Waals surface area contributed by atoms with Crippen LogP contribution in [0, 0.1) is 0 Å². The molecule has 1 aliphatic rings. The molecule has 0 saturated carbocycles. The van der Waals surface area contributed by atoms with Crippen molar-refractivity contribution in [3.05, 3.63) is 35.6 Å². The molecule has 0 amide bonds. The lowest BCUT2D eigenvalue weighted by atomic mass is 9.82. The van der Waals surface area contributed by atoms with Gasteiger partial charge in [-0.15, -0.1) is 0 Å². The summed E-state index contributed by atoms with van der Waals surface area (Å²) in [6, 6.07) is 6.54. The molecule has 1 aromatic carbocycles. The number of halogens is 4. The Bertz CT molecular complexity index is 683. The Hall–Kier alpha value is -1.58. The van der Waals surface area contributed by atoms with Crippen molar-refractivity contribution in [1.82, 2.24) is 0 Å². The van der Waals surface area contributed by atoms with E-state index in [1.54, 1.807) is 52.0 Å². The molecule has 0 unspecified atom stereocenters. The molecule has 0 N–H and O–H groups in total. The summed E-state index contributed by atoms with van der Waals surface area (Å²) in [5, 5.41) is 0. The van der Waals surface area contributed by atoms with Crippen LogP contribution in [0.1, 0.15) is 39.7 Å². The maximum atomic E-state index is 15.3. The van der Waals surface area contributed by atoms with Crippen LogP contribution in [0.2, 0.25) is 0 Å². The summed E-state index contributed by atoms with van der Waals surface area (Å²) in [6.45, 7) is 5.48. The average Bonchev–Trinajstić information content (AvgIpc) is 2.81. The van der Waals surface area contributed by atoms with Crippen LogP contribution < -0.4 is 4.74 Å². The molecule has 1 saturated heterocycles. The van der Waals surface area contributed by atoms with E-state index >= 15 is 4.39 Å². The highest BCUT2D eigenvalue weighted by Crippen LogP contribution is 2.40. The second-order valence-corrected chi connectivity index (χ2v) is 7.56.